The van der Waals surface area contributed by atoms with Gasteiger partial charge in [-0.3, -0.25) is 9.59 Å². The summed E-state index contributed by atoms with van der Waals surface area (Å²) in [5.74, 6) is -1.14. The molecule has 0 radical (unpaired) electrons. The van der Waals surface area contributed by atoms with E-state index >= 15 is 0 Å². The van der Waals surface area contributed by atoms with Crippen molar-refractivity contribution in [1.82, 2.24) is 15.0 Å². The van der Waals surface area contributed by atoms with Crippen molar-refractivity contribution in [3.8, 4) is 5.75 Å². The van der Waals surface area contributed by atoms with Crippen LogP contribution in [0.25, 0.3) is 11.0 Å². The number of carboxylic acids is 1. The molecular weight excluding hydrogens is 515 g/mol. The first-order valence-corrected chi connectivity index (χ1v) is 10.1. The van der Waals surface area contributed by atoms with Gasteiger partial charge in [-0.25, -0.2) is 9.97 Å². The van der Waals surface area contributed by atoms with Crippen molar-refractivity contribution in [2.24, 2.45) is 5.73 Å². The number of aromatic carboxylic acids is 1. The second kappa shape index (κ2) is 13.5. The topological polar surface area (TPSA) is 175 Å². The molecule has 2 amide bonds. The number of rotatable bonds is 4. The molecule has 5 N–H and O–H groups in total. The van der Waals surface area contributed by atoms with Crippen LogP contribution in [0.2, 0.25) is 0 Å². The van der Waals surface area contributed by atoms with E-state index in [0.717, 1.165) is 11.9 Å². The molecule has 1 aliphatic rings. The van der Waals surface area contributed by atoms with Gasteiger partial charge in [0, 0.05) is 18.3 Å². The normalized spacial score (nSPS) is 11.3. The summed E-state index contributed by atoms with van der Waals surface area (Å²) < 4.78 is 5.18. The number of ether oxygens (including phenoxy) is 1. The smallest absolute Gasteiger partial charge is 0.543 e. The summed E-state index contributed by atoms with van der Waals surface area (Å²) >= 11 is 0. The van der Waals surface area contributed by atoms with Crippen LogP contribution in [0.4, 0.5) is 11.4 Å². The van der Waals surface area contributed by atoms with Crippen molar-refractivity contribution in [2.75, 3.05) is 17.2 Å². The average molecular weight is 535 g/mol. The molecule has 5 rings (SSSR count). The number of nitrogens with zero attached hydrogens (tertiary/aromatic N) is 2. The number of anilines is 2. The van der Waals surface area contributed by atoms with E-state index in [1.54, 1.807) is 24.3 Å². The van der Waals surface area contributed by atoms with E-state index in [1.807, 2.05) is 24.3 Å². The van der Waals surface area contributed by atoms with E-state index in [2.05, 4.69) is 25.6 Å². The number of nitrogens with two attached hydrogens (primary N) is 1. The number of carbonyl (C=O) groups is 3. The zero-order valence-corrected chi connectivity index (χ0v) is 23.0. The Hall–Kier alpha value is -2.84. The van der Waals surface area contributed by atoms with Crippen LogP contribution in [0.1, 0.15) is 26.4 Å². The van der Waals surface area contributed by atoms with Gasteiger partial charge in [0.2, 0.25) is 0 Å². The molecule has 0 saturated heterocycles. The summed E-state index contributed by atoms with van der Waals surface area (Å²) in [6, 6.07) is 14.2. The molecule has 2 aromatic carbocycles. The summed E-state index contributed by atoms with van der Waals surface area (Å²) in [6.45, 7) is 0.554. The quantitative estimate of drug-likeness (QED) is 0.228. The van der Waals surface area contributed by atoms with Gasteiger partial charge in [-0.05, 0) is 29.8 Å². The Morgan fingerprint density at radius 3 is 2.58 bits per heavy atom. The number of aromatic nitrogens is 3. The van der Waals surface area contributed by atoms with Crippen LogP contribution < -0.4 is 77.6 Å². The largest absolute Gasteiger partial charge is 1.00 e. The fraction of sp³-hybridized carbons (Fsp3) is 0.0870. The van der Waals surface area contributed by atoms with Crippen LogP contribution in [0.3, 0.4) is 0 Å². The number of halogens is 1. The molecule has 0 aliphatic carbocycles. The van der Waals surface area contributed by atoms with E-state index in [0.29, 0.717) is 34.7 Å². The van der Waals surface area contributed by atoms with Gasteiger partial charge < -0.3 is 36.0 Å². The summed E-state index contributed by atoms with van der Waals surface area (Å²) in [7, 11) is 0. The standard InChI is InChI=1S/C14H10N4O3.C9H10N2O2.ClH.K/c19-13(8-4-2-1-3-5-8)18-9-6-15-11-10(9)16-7-17-12(11)14(20)21;10-4-6-1-2-8-7(3-6)11-9(12)5-13-8;;/h1-7,15H,(H,18,19)(H,20,21);1-3H,4-5,10H2,(H,11,12);1H;/q;;;+1/p-1. The molecule has 13 heteroatoms. The van der Waals surface area contributed by atoms with Crippen LogP contribution in [0, 0.1) is 0 Å². The Balaban J connectivity index is 0.000000264. The van der Waals surface area contributed by atoms with Crippen LogP contribution in [0.15, 0.2) is 61.1 Å². The van der Waals surface area contributed by atoms with Gasteiger partial charge in [0.25, 0.3) is 11.8 Å². The summed E-state index contributed by atoms with van der Waals surface area (Å²) in [5, 5.41) is 16.3. The predicted octanol–water partition coefficient (Wildman–Crippen LogP) is -1.52. The van der Waals surface area contributed by atoms with Crippen molar-refractivity contribution in [3.63, 3.8) is 0 Å². The van der Waals surface area contributed by atoms with Gasteiger partial charge in [0.15, 0.2) is 6.61 Å². The molecule has 11 nitrogen and oxygen atoms in total. The molecule has 0 spiro atoms. The fourth-order valence-electron chi connectivity index (χ4n) is 3.23. The van der Waals surface area contributed by atoms with Gasteiger partial charge in [-0.2, -0.15) is 0 Å². The summed E-state index contributed by atoms with van der Waals surface area (Å²) in [6.07, 6.45) is 2.58. The molecule has 4 aromatic rings. The third-order valence-electron chi connectivity index (χ3n) is 4.85. The van der Waals surface area contributed by atoms with Crippen LogP contribution >= 0.6 is 12.4 Å². The molecule has 0 bridgehead atoms. The van der Waals surface area contributed by atoms with Gasteiger partial charge in [-0.15, -0.1) is 12.4 Å². The number of hydrogen-bond acceptors (Lipinski definition) is 8. The molecule has 180 valence electrons. The number of carboxylic acid groups (broad SMARTS) is 1. The Kier molecular flexibility index (Phi) is 11.0. The minimum absolute atomic E-state index is 0. The van der Waals surface area contributed by atoms with Gasteiger partial charge >= 0.3 is 51.4 Å². The monoisotopic (exact) mass is 534 g/mol. The van der Waals surface area contributed by atoms with Crippen molar-refractivity contribution < 1.29 is 75.6 Å². The van der Waals surface area contributed by atoms with E-state index in [9.17, 15) is 19.5 Å². The van der Waals surface area contributed by atoms with Gasteiger partial charge in [-0.1, -0.05) is 24.3 Å². The number of nitrogens with one attached hydrogen (secondary N) is 3. The van der Waals surface area contributed by atoms with Gasteiger partial charge in [0.05, 0.1) is 22.9 Å². The van der Waals surface area contributed by atoms with Crippen molar-refractivity contribution in [3.05, 3.63) is 77.9 Å². The molecule has 0 saturated carbocycles. The molecule has 36 heavy (non-hydrogen) atoms. The van der Waals surface area contributed by atoms with E-state index < -0.39 is 5.97 Å². The van der Waals surface area contributed by atoms with Crippen molar-refractivity contribution in [2.45, 2.75) is 6.54 Å². The second-order valence-corrected chi connectivity index (χ2v) is 7.13. The first-order chi connectivity index (χ1) is 16.5. The number of H-pyrrole nitrogens is 1. The molecule has 0 atom stereocenters. The molecule has 2 aromatic heterocycles. The predicted molar refractivity (Wildman–Crippen MR) is 128 cm³/mol. The Bertz CT molecular complexity index is 1380. The van der Waals surface area contributed by atoms with E-state index in [4.69, 9.17) is 10.5 Å². The third kappa shape index (κ3) is 6.88. The number of amides is 2. The SMILES string of the molecule is Cl.NCc1ccc2c(c1)NC(=O)CO2.O=C(Nc1c[nH]c2c(C(=O)[O-])ncnc12)c1ccccc1.[K+]. The molecule has 0 unspecified atom stereocenters. The van der Waals surface area contributed by atoms with E-state index in [1.165, 1.54) is 6.20 Å². The maximum absolute atomic E-state index is 12.1. The maximum atomic E-state index is 12.1. The first kappa shape index (κ1) is 29.4. The minimum Gasteiger partial charge on any atom is -0.543 e. The van der Waals surface area contributed by atoms with Crippen LogP contribution in [-0.2, 0) is 11.3 Å². The summed E-state index contributed by atoms with van der Waals surface area (Å²) in [4.78, 5) is 44.4. The minimum atomic E-state index is -1.41. The number of fused-ring (bicyclic) bond motifs is 2. The molecule has 1 aliphatic heterocycles. The molecule has 3 heterocycles. The van der Waals surface area contributed by atoms with Crippen molar-refractivity contribution >= 4 is 52.6 Å². The number of aromatic amines is 1. The zero-order valence-electron chi connectivity index (χ0n) is 19.1. The number of benzene rings is 2. The molecule has 0 fully saturated rings. The number of hydrogen-bond donors (Lipinski definition) is 4. The maximum Gasteiger partial charge on any atom is 1.00 e. The number of carbonyl (C=O) groups excluding carboxylic acids is 3. The average Bonchev–Trinajstić information content (AvgIpc) is 3.27. The summed E-state index contributed by atoms with van der Waals surface area (Å²) in [5.41, 5.74) is 8.29. The van der Waals surface area contributed by atoms with Gasteiger partial charge in [0.1, 0.15) is 23.3 Å². The van der Waals surface area contributed by atoms with Crippen molar-refractivity contribution in [1.29, 1.82) is 0 Å². The second-order valence-electron chi connectivity index (χ2n) is 7.13. The Morgan fingerprint density at radius 1 is 1.14 bits per heavy atom. The third-order valence-corrected chi connectivity index (χ3v) is 4.85. The zero-order chi connectivity index (χ0) is 24.1. The molecular formula is C23H20ClKN6O5. The fourth-order valence-corrected chi connectivity index (χ4v) is 3.23. The Morgan fingerprint density at radius 2 is 1.89 bits per heavy atom. The van der Waals surface area contributed by atoms with Crippen LogP contribution in [-0.4, -0.2) is 39.3 Å². The Labute approximate surface area is 254 Å². The van der Waals surface area contributed by atoms with Crippen LogP contribution in [0.5, 0.6) is 5.75 Å². The van der Waals surface area contributed by atoms with E-state index in [-0.39, 0.29) is 93.4 Å². The first-order valence-electron chi connectivity index (χ1n) is 10.1.